The van der Waals surface area contributed by atoms with Crippen molar-refractivity contribution in [3.05, 3.63) is 0 Å². The number of hydrogen-bond donors (Lipinski definition) is 1. The van der Waals surface area contributed by atoms with Gasteiger partial charge in [-0.25, -0.2) is 4.79 Å². The molecule has 0 bridgehead atoms. The average Bonchev–Trinajstić information content (AvgIpc) is 2.50. The van der Waals surface area contributed by atoms with Crippen LogP contribution >= 0.6 is 0 Å². The summed E-state index contributed by atoms with van der Waals surface area (Å²) < 4.78 is 5.29. The molecule has 0 aromatic carbocycles. The Bertz CT molecular complexity index is 310. The van der Waals surface area contributed by atoms with Crippen molar-refractivity contribution in [2.45, 2.75) is 44.3 Å². The van der Waals surface area contributed by atoms with E-state index in [4.69, 9.17) is 4.74 Å². The highest BCUT2D eigenvalue weighted by Crippen LogP contribution is 2.65. The third-order valence-electron chi connectivity index (χ3n) is 4.47. The molecule has 3 heteroatoms. The van der Waals surface area contributed by atoms with Crippen LogP contribution in [0.5, 0.6) is 0 Å². The smallest absolute Gasteiger partial charge is 0.339 e. The van der Waals surface area contributed by atoms with Crippen LogP contribution in [0.2, 0.25) is 0 Å². The highest BCUT2D eigenvalue weighted by Gasteiger charge is 2.76. The maximum absolute atomic E-state index is 11.6. The van der Waals surface area contributed by atoms with Gasteiger partial charge in [0.05, 0.1) is 0 Å². The monoisotopic (exact) mass is 196 g/mol. The fourth-order valence-corrected chi connectivity index (χ4v) is 4.08. The Labute approximate surface area is 83.4 Å². The molecule has 0 unspecified atom stereocenters. The maximum atomic E-state index is 11.6. The van der Waals surface area contributed by atoms with Crippen LogP contribution in [0.4, 0.5) is 0 Å². The van der Waals surface area contributed by atoms with Crippen molar-refractivity contribution < 1.29 is 14.6 Å². The Morgan fingerprint density at radius 3 is 2.86 bits per heavy atom. The molecule has 0 radical (unpaired) electrons. The first-order valence-electron chi connectivity index (χ1n) is 5.44. The number of ether oxygens (including phenoxy) is 1. The molecule has 3 aliphatic rings. The lowest BCUT2D eigenvalue weighted by Crippen LogP contribution is -2.64. The summed E-state index contributed by atoms with van der Waals surface area (Å²) in [7, 11) is 0. The normalized spacial score (nSPS) is 53.4. The standard InChI is InChI=1S/C11H16O3/c1-10(2)8-6-4-3-5-7(6)11(8,13)9(12)14-10/h6-8,13H,3-5H2,1-2H3/t6-,7+,8-,11+/m0/s1. The molecule has 0 aromatic rings. The van der Waals surface area contributed by atoms with E-state index in [-0.39, 0.29) is 17.8 Å². The molecule has 4 atom stereocenters. The second-order valence-corrected chi connectivity index (χ2v) is 5.50. The van der Waals surface area contributed by atoms with E-state index in [1.807, 2.05) is 13.8 Å². The van der Waals surface area contributed by atoms with Crippen molar-refractivity contribution in [2.75, 3.05) is 0 Å². The summed E-state index contributed by atoms with van der Waals surface area (Å²) in [5.41, 5.74) is -1.60. The van der Waals surface area contributed by atoms with Gasteiger partial charge in [-0.05, 0) is 32.6 Å². The van der Waals surface area contributed by atoms with Crippen LogP contribution in [0, 0.1) is 17.8 Å². The molecule has 3 nitrogen and oxygen atoms in total. The molecule has 1 saturated heterocycles. The Balaban J connectivity index is 2.04. The molecule has 78 valence electrons. The Morgan fingerprint density at radius 2 is 2.14 bits per heavy atom. The highest BCUT2D eigenvalue weighted by atomic mass is 16.6. The third-order valence-corrected chi connectivity index (χ3v) is 4.47. The van der Waals surface area contributed by atoms with Crippen molar-refractivity contribution in [3.8, 4) is 0 Å². The average molecular weight is 196 g/mol. The summed E-state index contributed by atoms with van der Waals surface area (Å²) in [4.78, 5) is 11.6. The molecule has 3 rings (SSSR count). The van der Waals surface area contributed by atoms with E-state index in [0.717, 1.165) is 19.3 Å². The van der Waals surface area contributed by atoms with E-state index in [0.29, 0.717) is 5.92 Å². The lowest BCUT2D eigenvalue weighted by atomic mass is 9.52. The summed E-state index contributed by atoms with van der Waals surface area (Å²) in [5, 5.41) is 10.3. The van der Waals surface area contributed by atoms with Gasteiger partial charge in [-0.1, -0.05) is 6.42 Å². The topological polar surface area (TPSA) is 46.5 Å². The lowest BCUT2D eigenvalue weighted by Gasteiger charge is -2.51. The maximum Gasteiger partial charge on any atom is 0.339 e. The van der Waals surface area contributed by atoms with Gasteiger partial charge in [0, 0.05) is 11.8 Å². The van der Waals surface area contributed by atoms with Gasteiger partial charge in [0.1, 0.15) is 5.60 Å². The van der Waals surface area contributed by atoms with E-state index in [2.05, 4.69) is 0 Å². The summed E-state index contributed by atoms with van der Waals surface area (Å²) in [6.07, 6.45) is 3.29. The SMILES string of the molecule is CC1(C)OC(=O)[C@@]2(O)[C@@H]3CCC[C@@H]3[C@@H]12. The molecule has 1 aliphatic heterocycles. The van der Waals surface area contributed by atoms with Gasteiger partial charge in [-0.15, -0.1) is 0 Å². The Morgan fingerprint density at radius 1 is 1.43 bits per heavy atom. The van der Waals surface area contributed by atoms with Crippen LogP contribution < -0.4 is 0 Å². The van der Waals surface area contributed by atoms with Crippen LogP contribution in [0.25, 0.3) is 0 Å². The molecule has 2 saturated carbocycles. The van der Waals surface area contributed by atoms with Crippen LogP contribution in [0.3, 0.4) is 0 Å². The van der Waals surface area contributed by atoms with Gasteiger partial charge in [0.15, 0.2) is 5.60 Å². The number of aliphatic hydroxyl groups is 1. The molecular formula is C11H16O3. The van der Waals surface area contributed by atoms with Gasteiger partial charge in [-0.3, -0.25) is 0 Å². The summed E-state index contributed by atoms with van der Waals surface area (Å²) in [6, 6.07) is 0. The molecule has 0 amide bonds. The zero-order valence-corrected chi connectivity index (χ0v) is 8.62. The zero-order chi connectivity index (χ0) is 10.1. The van der Waals surface area contributed by atoms with Crippen molar-refractivity contribution >= 4 is 5.97 Å². The second-order valence-electron chi connectivity index (χ2n) is 5.50. The van der Waals surface area contributed by atoms with Crippen LogP contribution in [0.1, 0.15) is 33.1 Å². The van der Waals surface area contributed by atoms with Gasteiger partial charge in [-0.2, -0.15) is 0 Å². The number of esters is 1. The number of carbonyl (C=O) groups excluding carboxylic acids is 1. The Kier molecular flexibility index (Phi) is 1.34. The molecule has 1 N–H and O–H groups in total. The van der Waals surface area contributed by atoms with Crippen molar-refractivity contribution in [3.63, 3.8) is 0 Å². The highest BCUT2D eigenvalue weighted by molar-refractivity contribution is 5.85. The predicted octanol–water partition coefficient (Wildman–Crippen LogP) is 1.10. The molecule has 3 fully saturated rings. The predicted molar refractivity (Wildman–Crippen MR) is 49.4 cm³/mol. The first-order valence-corrected chi connectivity index (χ1v) is 5.44. The molecule has 14 heavy (non-hydrogen) atoms. The number of carbonyl (C=O) groups is 1. The minimum Gasteiger partial charge on any atom is -0.457 e. The number of cyclic esters (lactones) is 1. The van der Waals surface area contributed by atoms with E-state index in [9.17, 15) is 9.90 Å². The second kappa shape index (κ2) is 2.16. The number of hydrogen-bond acceptors (Lipinski definition) is 3. The molecule has 0 aromatic heterocycles. The van der Waals surface area contributed by atoms with Crippen LogP contribution in [-0.2, 0) is 9.53 Å². The number of fused-ring (bicyclic) bond motifs is 4. The van der Waals surface area contributed by atoms with Crippen molar-refractivity contribution in [2.24, 2.45) is 17.8 Å². The van der Waals surface area contributed by atoms with E-state index < -0.39 is 11.2 Å². The first kappa shape index (κ1) is 8.72. The van der Waals surface area contributed by atoms with Crippen molar-refractivity contribution in [1.29, 1.82) is 0 Å². The summed E-state index contributed by atoms with van der Waals surface area (Å²) >= 11 is 0. The Hall–Kier alpha value is -0.570. The van der Waals surface area contributed by atoms with E-state index >= 15 is 0 Å². The van der Waals surface area contributed by atoms with Crippen molar-refractivity contribution in [1.82, 2.24) is 0 Å². The van der Waals surface area contributed by atoms with Gasteiger partial charge < -0.3 is 9.84 Å². The third kappa shape index (κ3) is 0.691. The minimum atomic E-state index is -1.13. The largest absolute Gasteiger partial charge is 0.457 e. The van der Waals surface area contributed by atoms with Gasteiger partial charge in [0.25, 0.3) is 0 Å². The van der Waals surface area contributed by atoms with Crippen LogP contribution in [0.15, 0.2) is 0 Å². The number of rotatable bonds is 0. The first-order chi connectivity index (χ1) is 6.48. The quantitative estimate of drug-likeness (QED) is 0.590. The van der Waals surface area contributed by atoms with Crippen LogP contribution in [-0.4, -0.2) is 22.3 Å². The fourth-order valence-electron chi connectivity index (χ4n) is 4.08. The molecular weight excluding hydrogens is 180 g/mol. The van der Waals surface area contributed by atoms with Gasteiger partial charge >= 0.3 is 5.97 Å². The van der Waals surface area contributed by atoms with E-state index in [1.165, 1.54) is 0 Å². The van der Waals surface area contributed by atoms with Gasteiger partial charge in [0.2, 0.25) is 0 Å². The summed E-state index contributed by atoms with van der Waals surface area (Å²) in [6.45, 7) is 3.84. The summed E-state index contributed by atoms with van der Waals surface area (Å²) in [5.74, 6) is 0.355. The zero-order valence-electron chi connectivity index (χ0n) is 8.62. The minimum absolute atomic E-state index is 0.0370. The fraction of sp³-hybridized carbons (Fsp3) is 0.909. The molecule has 2 aliphatic carbocycles. The molecule has 1 heterocycles. The molecule has 0 spiro atoms. The van der Waals surface area contributed by atoms with E-state index in [1.54, 1.807) is 0 Å². The lowest BCUT2D eigenvalue weighted by molar-refractivity contribution is -0.186.